The number of nitrogens with zero attached hydrogens (tertiary/aromatic N) is 2. The SMILES string of the molecule is Cc1ccc(NC(=S)N/N=C\c2cccn2Cc2ccccc2Cl)c(C)c1. The van der Waals surface area contributed by atoms with Gasteiger partial charge in [-0.25, -0.2) is 0 Å². The van der Waals surface area contributed by atoms with E-state index in [1.807, 2.05) is 61.7 Å². The van der Waals surface area contributed by atoms with Crippen LogP contribution in [0.15, 0.2) is 65.9 Å². The number of aromatic nitrogens is 1. The first-order chi connectivity index (χ1) is 13.0. The van der Waals surface area contributed by atoms with Crippen molar-refractivity contribution in [2.24, 2.45) is 5.10 Å². The van der Waals surface area contributed by atoms with Crippen LogP contribution in [0.5, 0.6) is 0 Å². The Morgan fingerprint density at radius 2 is 1.96 bits per heavy atom. The summed E-state index contributed by atoms with van der Waals surface area (Å²) < 4.78 is 2.08. The highest BCUT2D eigenvalue weighted by Crippen LogP contribution is 2.17. The normalized spacial score (nSPS) is 10.9. The molecule has 0 spiro atoms. The van der Waals surface area contributed by atoms with E-state index < -0.39 is 0 Å². The number of benzene rings is 2. The first-order valence-electron chi connectivity index (χ1n) is 8.59. The molecule has 6 heteroatoms. The molecule has 0 amide bonds. The summed E-state index contributed by atoms with van der Waals surface area (Å²) in [6.45, 7) is 4.79. The zero-order valence-electron chi connectivity index (χ0n) is 15.2. The van der Waals surface area contributed by atoms with Crippen molar-refractivity contribution >= 4 is 40.8 Å². The fraction of sp³-hybridized carbons (Fsp3) is 0.143. The van der Waals surface area contributed by atoms with Crippen LogP contribution in [0, 0.1) is 13.8 Å². The Balaban J connectivity index is 1.61. The molecule has 2 N–H and O–H groups in total. The van der Waals surface area contributed by atoms with Crippen molar-refractivity contribution in [3.63, 3.8) is 0 Å². The summed E-state index contributed by atoms with van der Waals surface area (Å²) >= 11 is 11.6. The van der Waals surface area contributed by atoms with E-state index in [1.54, 1.807) is 6.21 Å². The lowest BCUT2D eigenvalue weighted by Gasteiger charge is -2.11. The predicted molar refractivity (Wildman–Crippen MR) is 118 cm³/mol. The van der Waals surface area contributed by atoms with Crippen LogP contribution in [0.25, 0.3) is 0 Å². The molecule has 0 unspecified atom stereocenters. The van der Waals surface area contributed by atoms with Gasteiger partial charge in [0.15, 0.2) is 5.11 Å². The van der Waals surface area contributed by atoms with Crippen molar-refractivity contribution in [2.45, 2.75) is 20.4 Å². The summed E-state index contributed by atoms with van der Waals surface area (Å²) in [5.74, 6) is 0. The van der Waals surface area contributed by atoms with E-state index in [-0.39, 0.29) is 0 Å². The van der Waals surface area contributed by atoms with E-state index >= 15 is 0 Å². The van der Waals surface area contributed by atoms with Crippen LogP contribution < -0.4 is 10.7 Å². The molecule has 0 bridgehead atoms. The van der Waals surface area contributed by atoms with Gasteiger partial charge in [-0.3, -0.25) is 5.43 Å². The van der Waals surface area contributed by atoms with E-state index in [0.29, 0.717) is 11.7 Å². The van der Waals surface area contributed by atoms with Crippen molar-refractivity contribution in [2.75, 3.05) is 5.32 Å². The Morgan fingerprint density at radius 1 is 1.15 bits per heavy atom. The lowest BCUT2D eigenvalue weighted by atomic mass is 10.1. The third kappa shape index (κ3) is 5.18. The third-order valence-corrected chi connectivity index (χ3v) is 4.72. The van der Waals surface area contributed by atoms with Crippen LogP contribution in [0.2, 0.25) is 5.02 Å². The summed E-state index contributed by atoms with van der Waals surface area (Å²) in [7, 11) is 0. The maximum atomic E-state index is 6.25. The average Bonchev–Trinajstić information content (AvgIpc) is 3.06. The van der Waals surface area contributed by atoms with E-state index in [2.05, 4.69) is 33.4 Å². The fourth-order valence-electron chi connectivity index (χ4n) is 2.76. The Kier molecular flexibility index (Phi) is 6.27. The number of rotatable bonds is 5. The smallest absolute Gasteiger partial charge is 0.191 e. The molecule has 0 fully saturated rings. The summed E-state index contributed by atoms with van der Waals surface area (Å²) in [6, 6.07) is 18.0. The number of hydrogen-bond donors (Lipinski definition) is 2. The van der Waals surface area contributed by atoms with Gasteiger partial charge in [0.2, 0.25) is 0 Å². The van der Waals surface area contributed by atoms with Crippen LogP contribution in [0.4, 0.5) is 5.69 Å². The second-order valence-corrected chi connectivity index (χ2v) is 7.11. The molecule has 0 aliphatic heterocycles. The zero-order chi connectivity index (χ0) is 19.2. The van der Waals surface area contributed by atoms with Gasteiger partial charge < -0.3 is 9.88 Å². The van der Waals surface area contributed by atoms with E-state index in [0.717, 1.165) is 27.5 Å². The molecule has 0 atom stereocenters. The van der Waals surface area contributed by atoms with Crippen molar-refractivity contribution in [1.29, 1.82) is 0 Å². The first-order valence-corrected chi connectivity index (χ1v) is 9.37. The molecular weight excluding hydrogens is 376 g/mol. The largest absolute Gasteiger partial charge is 0.342 e. The maximum Gasteiger partial charge on any atom is 0.191 e. The molecule has 1 heterocycles. The summed E-state index contributed by atoms with van der Waals surface area (Å²) in [5, 5.41) is 8.61. The Hall–Kier alpha value is -2.63. The number of halogens is 1. The molecule has 0 saturated carbocycles. The second kappa shape index (κ2) is 8.84. The summed E-state index contributed by atoms with van der Waals surface area (Å²) in [5.41, 5.74) is 8.20. The van der Waals surface area contributed by atoms with Gasteiger partial charge >= 0.3 is 0 Å². The molecule has 3 aromatic rings. The van der Waals surface area contributed by atoms with Gasteiger partial charge in [0.25, 0.3) is 0 Å². The lowest BCUT2D eigenvalue weighted by Crippen LogP contribution is -2.24. The zero-order valence-corrected chi connectivity index (χ0v) is 16.8. The fourth-order valence-corrected chi connectivity index (χ4v) is 3.12. The standard InChI is InChI=1S/C21H21ClN4S/c1-15-9-10-20(16(2)12-15)24-21(27)25-23-13-18-7-5-11-26(18)14-17-6-3-4-8-19(17)22/h3-13H,14H2,1-2H3,(H2,24,25,27)/b23-13-. The minimum Gasteiger partial charge on any atom is -0.342 e. The van der Waals surface area contributed by atoms with Gasteiger partial charge in [0.05, 0.1) is 11.9 Å². The molecule has 0 aliphatic rings. The monoisotopic (exact) mass is 396 g/mol. The number of hydrogen-bond acceptors (Lipinski definition) is 2. The van der Waals surface area contributed by atoms with Gasteiger partial charge in [-0.15, -0.1) is 0 Å². The molecular formula is C21H21ClN4S. The van der Waals surface area contributed by atoms with Gasteiger partial charge in [-0.2, -0.15) is 5.10 Å². The topological polar surface area (TPSA) is 41.4 Å². The van der Waals surface area contributed by atoms with Gasteiger partial charge in [0, 0.05) is 23.5 Å². The molecule has 27 heavy (non-hydrogen) atoms. The molecule has 0 radical (unpaired) electrons. The van der Waals surface area contributed by atoms with Crippen molar-refractivity contribution in [3.8, 4) is 0 Å². The number of aryl methyl sites for hydroxylation is 2. The molecule has 3 rings (SSSR count). The quantitative estimate of drug-likeness (QED) is 0.357. The van der Waals surface area contributed by atoms with Crippen LogP contribution >= 0.6 is 23.8 Å². The summed E-state index contributed by atoms with van der Waals surface area (Å²) in [4.78, 5) is 0. The second-order valence-electron chi connectivity index (χ2n) is 6.29. The molecule has 138 valence electrons. The third-order valence-electron chi connectivity index (χ3n) is 4.16. The van der Waals surface area contributed by atoms with Gasteiger partial charge in [-0.05, 0) is 61.5 Å². The lowest BCUT2D eigenvalue weighted by molar-refractivity contribution is 0.799. The Labute approximate surface area is 169 Å². The average molecular weight is 397 g/mol. The molecule has 0 saturated heterocycles. The predicted octanol–water partition coefficient (Wildman–Crippen LogP) is 5.13. The Bertz CT molecular complexity index is 978. The molecule has 1 aromatic heterocycles. The van der Waals surface area contributed by atoms with Crippen molar-refractivity contribution in [3.05, 3.63) is 88.2 Å². The number of anilines is 1. The van der Waals surface area contributed by atoms with E-state index in [4.69, 9.17) is 23.8 Å². The molecule has 2 aromatic carbocycles. The van der Waals surface area contributed by atoms with Crippen molar-refractivity contribution in [1.82, 2.24) is 9.99 Å². The highest BCUT2D eigenvalue weighted by atomic mass is 35.5. The van der Waals surface area contributed by atoms with E-state index in [1.165, 1.54) is 5.56 Å². The molecule has 4 nitrogen and oxygen atoms in total. The van der Waals surface area contributed by atoms with Gasteiger partial charge in [0.1, 0.15) is 0 Å². The van der Waals surface area contributed by atoms with Crippen LogP contribution in [-0.4, -0.2) is 15.9 Å². The Morgan fingerprint density at radius 3 is 2.74 bits per heavy atom. The van der Waals surface area contributed by atoms with E-state index in [9.17, 15) is 0 Å². The van der Waals surface area contributed by atoms with Crippen LogP contribution in [0.3, 0.4) is 0 Å². The first kappa shape index (κ1) is 19.1. The number of thiocarbonyl (C=S) groups is 1. The minimum absolute atomic E-state index is 0.447. The summed E-state index contributed by atoms with van der Waals surface area (Å²) in [6.07, 6.45) is 3.74. The number of nitrogens with one attached hydrogen (secondary N) is 2. The van der Waals surface area contributed by atoms with Crippen LogP contribution in [0.1, 0.15) is 22.4 Å². The highest BCUT2D eigenvalue weighted by Gasteiger charge is 2.04. The van der Waals surface area contributed by atoms with Crippen LogP contribution in [-0.2, 0) is 6.54 Å². The maximum absolute atomic E-state index is 6.25. The molecule has 0 aliphatic carbocycles. The number of hydrazone groups is 1. The highest BCUT2D eigenvalue weighted by molar-refractivity contribution is 7.80. The minimum atomic E-state index is 0.447. The van der Waals surface area contributed by atoms with Crippen molar-refractivity contribution < 1.29 is 0 Å². The van der Waals surface area contributed by atoms with Gasteiger partial charge in [-0.1, -0.05) is 47.5 Å².